The molecule has 2 saturated carbocycles. The highest BCUT2D eigenvalue weighted by molar-refractivity contribution is 7.15. The van der Waals surface area contributed by atoms with Crippen LogP contribution in [-0.2, 0) is 10.2 Å². The van der Waals surface area contributed by atoms with Crippen LogP contribution in [-0.4, -0.2) is 16.9 Å². The summed E-state index contributed by atoms with van der Waals surface area (Å²) in [6, 6.07) is 0.310. The standard InChI is InChI=1S/C17H27N3OS.ClH/c1-17(2,3)13-9-19-16(22-13)20-15(21)12-7-10-5-4-6-11(8-12)14(10)18;/h9-12,14H,4-8,18H2,1-3H3,(H,19,20,21);1H. The summed E-state index contributed by atoms with van der Waals surface area (Å²) in [6.45, 7) is 6.49. The highest BCUT2D eigenvalue weighted by Crippen LogP contribution is 2.42. The summed E-state index contributed by atoms with van der Waals surface area (Å²) in [4.78, 5) is 18.1. The Morgan fingerprint density at radius 2 is 1.91 bits per heavy atom. The fourth-order valence-electron chi connectivity index (χ4n) is 3.89. The summed E-state index contributed by atoms with van der Waals surface area (Å²) in [6.07, 6.45) is 7.42. The van der Waals surface area contributed by atoms with Crippen molar-refractivity contribution in [1.82, 2.24) is 4.98 Å². The lowest BCUT2D eigenvalue weighted by atomic mass is 9.65. The fourth-order valence-corrected chi connectivity index (χ4v) is 4.77. The molecular weight excluding hydrogens is 330 g/mol. The number of anilines is 1. The maximum absolute atomic E-state index is 12.6. The highest BCUT2D eigenvalue weighted by atomic mass is 35.5. The average Bonchev–Trinajstić information content (AvgIpc) is 2.86. The molecule has 0 spiro atoms. The van der Waals surface area contributed by atoms with Gasteiger partial charge < -0.3 is 11.1 Å². The van der Waals surface area contributed by atoms with Gasteiger partial charge in [0.15, 0.2) is 5.13 Å². The normalized spacial score (nSPS) is 30.4. The molecule has 2 fully saturated rings. The smallest absolute Gasteiger partial charge is 0.229 e. The first-order chi connectivity index (χ1) is 10.3. The summed E-state index contributed by atoms with van der Waals surface area (Å²) < 4.78 is 0. The molecule has 23 heavy (non-hydrogen) atoms. The van der Waals surface area contributed by atoms with E-state index in [2.05, 4.69) is 31.1 Å². The Labute approximate surface area is 149 Å². The zero-order chi connectivity index (χ0) is 15.9. The van der Waals surface area contributed by atoms with E-state index >= 15 is 0 Å². The monoisotopic (exact) mass is 357 g/mol. The lowest BCUT2D eigenvalue weighted by molar-refractivity contribution is -0.122. The molecule has 1 aromatic heterocycles. The van der Waals surface area contributed by atoms with Crippen LogP contribution in [0, 0.1) is 17.8 Å². The molecule has 4 nitrogen and oxygen atoms in total. The van der Waals surface area contributed by atoms with Gasteiger partial charge in [-0.15, -0.1) is 23.7 Å². The zero-order valence-corrected chi connectivity index (χ0v) is 15.8. The Balaban J connectivity index is 0.00000192. The molecule has 3 N–H and O–H groups in total. The molecule has 1 aromatic rings. The predicted molar refractivity (Wildman–Crippen MR) is 98.2 cm³/mol. The Kier molecular flexibility index (Phi) is 5.75. The van der Waals surface area contributed by atoms with Crippen LogP contribution in [0.2, 0.25) is 0 Å². The molecule has 1 heterocycles. The molecule has 2 bridgehead atoms. The number of aromatic nitrogens is 1. The number of carbonyl (C=O) groups is 1. The molecule has 2 aliphatic carbocycles. The first kappa shape index (κ1) is 18.7. The van der Waals surface area contributed by atoms with Gasteiger partial charge in [-0.25, -0.2) is 4.98 Å². The van der Waals surface area contributed by atoms with Crippen molar-refractivity contribution in [2.45, 2.75) is 64.3 Å². The average molecular weight is 358 g/mol. The first-order valence-electron chi connectivity index (χ1n) is 8.37. The second-order valence-electron chi connectivity index (χ2n) is 7.97. The van der Waals surface area contributed by atoms with Crippen molar-refractivity contribution in [3.8, 4) is 0 Å². The van der Waals surface area contributed by atoms with Crippen LogP contribution in [0.1, 0.15) is 57.8 Å². The number of nitrogens with one attached hydrogen (secondary N) is 1. The largest absolute Gasteiger partial charge is 0.327 e. The molecule has 3 rings (SSSR count). The number of rotatable bonds is 2. The molecule has 0 aromatic carbocycles. The third kappa shape index (κ3) is 4.06. The van der Waals surface area contributed by atoms with E-state index in [-0.39, 0.29) is 29.6 Å². The van der Waals surface area contributed by atoms with Crippen molar-refractivity contribution in [2.75, 3.05) is 5.32 Å². The lowest BCUT2D eigenvalue weighted by Gasteiger charge is -2.43. The molecule has 0 aliphatic heterocycles. The first-order valence-corrected chi connectivity index (χ1v) is 9.19. The minimum absolute atomic E-state index is 0. The van der Waals surface area contributed by atoms with Crippen molar-refractivity contribution in [2.24, 2.45) is 23.5 Å². The van der Waals surface area contributed by atoms with Crippen LogP contribution < -0.4 is 11.1 Å². The summed E-state index contributed by atoms with van der Waals surface area (Å²) >= 11 is 1.59. The Morgan fingerprint density at radius 1 is 1.30 bits per heavy atom. The van der Waals surface area contributed by atoms with Crippen LogP contribution in [0.3, 0.4) is 0 Å². The fraction of sp³-hybridized carbons (Fsp3) is 0.765. The van der Waals surface area contributed by atoms with Crippen molar-refractivity contribution in [3.05, 3.63) is 11.1 Å². The predicted octanol–water partition coefficient (Wildman–Crippen LogP) is 3.95. The molecule has 0 saturated heterocycles. The molecule has 2 unspecified atom stereocenters. The van der Waals surface area contributed by atoms with E-state index in [1.807, 2.05) is 6.20 Å². The number of nitrogens with zero attached hydrogens (tertiary/aromatic N) is 1. The summed E-state index contributed by atoms with van der Waals surface area (Å²) in [5.74, 6) is 1.31. The Hall–Kier alpha value is -0.650. The lowest BCUT2D eigenvalue weighted by Crippen LogP contribution is -2.48. The van der Waals surface area contributed by atoms with Gasteiger partial charge in [0.05, 0.1) is 0 Å². The van der Waals surface area contributed by atoms with E-state index in [9.17, 15) is 4.79 Å². The van der Waals surface area contributed by atoms with Crippen LogP contribution in [0.15, 0.2) is 6.20 Å². The molecule has 0 radical (unpaired) electrons. The van der Waals surface area contributed by atoms with Crippen molar-refractivity contribution in [1.29, 1.82) is 0 Å². The summed E-state index contributed by atoms with van der Waals surface area (Å²) in [5.41, 5.74) is 6.39. The Bertz CT molecular complexity index is 540. The van der Waals surface area contributed by atoms with Gasteiger partial charge in [0.1, 0.15) is 0 Å². The van der Waals surface area contributed by atoms with Gasteiger partial charge in [0.25, 0.3) is 0 Å². The van der Waals surface area contributed by atoms with Crippen molar-refractivity contribution < 1.29 is 4.79 Å². The number of nitrogens with two attached hydrogens (primary N) is 1. The van der Waals surface area contributed by atoms with E-state index in [0.29, 0.717) is 17.9 Å². The van der Waals surface area contributed by atoms with Crippen LogP contribution in [0.25, 0.3) is 0 Å². The van der Waals surface area contributed by atoms with Crippen LogP contribution in [0.4, 0.5) is 5.13 Å². The zero-order valence-electron chi connectivity index (χ0n) is 14.2. The molecule has 130 valence electrons. The van der Waals surface area contributed by atoms with E-state index in [0.717, 1.165) is 18.0 Å². The number of hydrogen-bond acceptors (Lipinski definition) is 4. The van der Waals surface area contributed by atoms with Gasteiger partial charge in [-0.2, -0.15) is 0 Å². The maximum atomic E-state index is 12.6. The number of carbonyl (C=O) groups excluding carboxylic acids is 1. The highest BCUT2D eigenvalue weighted by Gasteiger charge is 2.40. The van der Waals surface area contributed by atoms with Gasteiger partial charge in [0.2, 0.25) is 5.91 Å². The molecule has 2 aliphatic rings. The number of thiazole rings is 1. The van der Waals surface area contributed by atoms with Gasteiger partial charge >= 0.3 is 0 Å². The third-order valence-corrected chi connectivity index (χ3v) is 6.60. The van der Waals surface area contributed by atoms with Gasteiger partial charge in [-0.1, -0.05) is 27.2 Å². The quantitative estimate of drug-likeness (QED) is 0.841. The summed E-state index contributed by atoms with van der Waals surface area (Å²) in [5, 5.41) is 3.77. The number of halogens is 1. The van der Waals surface area contributed by atoms with Crippen molar-refractivity contribution in [3.63, 3.8) is 0 Å². The molecular formula is C17H28ClN3OS. The maximum Gasteiger partial charge on any atom is 0.229 e. The molecule has 6 heteroatoms. The molecule has 1 amide bonds. The number of amides is 1. The van der Waals surface area contributed by atoms with E-state index in [1.165, 1.54) is 24.1 Å². The summed E-state index contributed by atoms with van der Waals surface area (Å²) in [7, 11) is 0. The van der Waals surface area contributed by atoms with Gasteiger partial charge in [-0.05, 0) is 42.9 Å². The van der Waals surface area contributed by atoms with Crippen LogP contribution in [0.5, 0.6) is 0 Å². The van der Waals surface area contributed by atoms with Crippen LogP contribution >= 0.6 is 23.7 Å². The molecule has 2 atom stereocenters. The van der Waals surface area contributed by atoms with Gasteiger partial charge in [-0.3, -0.25) is 4.79 Å². The second-order valence-corrected chi connectivity index (χ2v) is 9.00. The van der Waals surface area contributed by atoms with Crippen molar-refractivity contribution >= 4 is 34.8 Å². The topological polar surface area (TPSA) is 68.0 Å². The number of hydrogen-bond donors (Lipinski definition) is 2. The minimum atomic E-state index is 0. The van der Waals surface area contributed by atoms with E-state index in [1.54, 1.807) is 11.3 Å². The Morgan fingerprint density at radius 3 is 2.43 bits per heavy atom. The van der Waals surface area contributed by atoms with E-state index in [4.69, 9.17) is 5.73 Å². The number of fused-ring (bicyclic) bond motifs is 2. The van der Waals surface area contributed by atoms with Gasteiger partial charge in [0, 0.05) is 23.0 Å². The third-order valence-electron chi connectivity index (χ3n) is 5.26. The minimum Gasteiger partial charge on any atom is -0.327 e. The SMILES string of the molecule is CC(C)(C)c1cnc(NC(=O)C2CC3CCCC(C2)C3N)s1.Cl. The van der Waals surface area contributed by atoms with E-state index < -0.39 is 0 Å². The second kappa shape index (κ2) is 7.08.